The maximum absolute atomic E-state index is 14.1. The van der Waals surface area contributed by atoms with Gasteiger partial charge in [-0.25, -0.2) is 4.39 Å². The smallest absolute Gasteiger partial charge is 0.376 e. The molecule has 1 N–H and O–H groups in total. The van der Waals surface area contributed by atoms with Crippen LogP contribution in [0.5, 0.6) is 0 Å². The Morgan fingerprint density at radius 1 is 0.854 bits per heavy atom. The Kier molecular flexibility index (Phi) is 9.94. The van der Waals surface area contributed by atoms with Gasteiger partial charge in [-0.05, 0) is 41.7 Å². The summed E-state index contributed by atoms with van der Waals surface area (Å²) >= 11 is 0. The molecule has 2 aliphatic rings. The van der Waals surface area contributed by atoms with E-state index in [2.05, 4.69) is 0 Å². The van der Waals surface area contributed by atoms with Gasteiger partial charge >= 0.3 is 12.4 Å². The Morgan fingerprint density at radius 3 is 1.98 bits per heavy atom. The number of carbonyl (C=O) groups excluding carboxylic acids is 2. The van der Waals surface area contributed by atoms with Crippen LogP contribution in [-0.4, -0.2) is 71.9 Å². The van der Waals surface area contributed by atoms with Gasteiger partial charge in [0.25, 0.3) is 5.60 Å². The number of halogens is 7. The van der Waals surface area contributed by atoms with Crippen molar-refractivity contribution in [3.63, 3.8) is 0 Å². The first-order chi connectivity index (χ1) is 22.6. The fourth-order valence-electron chi connectivity index (χ4n) is 6.88. The molecule has 0 unspecified atom stereocenters. The summed E-state index contributed by atoms with van der Waals surface area (Å²) in [6.07, 6.45) is -11.2. The maximum atomic E-state index is 14.1. The number of carbonyl (C=O) groups is 2. The largest absolute Gasteiger partial charge is 0.430 e. The number of amides is 2. The van der Waals surface area contributed by atoms with E-state index in [-0.39, 0.29) is 38.1 Å². The molecule has 2 atom stereocenters. The summed E-state index contributed by atoms with van der Waals surface area (Å²) in [6, 6.07) is 18.1. The van der Waals surface area contributed by atoms with E-state index in [1.54, 1.807) is 9.80 Å². The van der Waals surface area contributed by atoms with Crippen molar-refractivity contribution in [1.29, 1.82) is 0 Å². The first-order valence-corrected chi connectivity index (χ1v) is 15.4. The second-order valence-electron chi connectivity index (χ2n) is 12.5. The van der Waals surface area contributed by atoms with E-state index in [9.17, 15) is 45.4 Å². The molecular weight excluding hydrogens is 645 g/mol. The molecule has 0 bridgehead atoms. The third-order valence-electron chi connectivity index (χ3n) is 9.59. The normalized spacial score (nSPS) is 21.1. The van der Waals surface area contributed by atoms with Crippen molar-refractivity contribution in [2.45, 2.75) is 55.7 Å². The van der Waals surface area contributed by atoms with Gasteiger partial charge in [-0.2, -0.15) is 26.3 Å². The topological polar surface area (TPSA) is 70.1 Å². The summed E-state index contributed by atoms with van der Waals surface area (Å²) in [7, 11) is 0. The highest BCUT2D eigenvalue weighted by Crippen LogP contribution is 2.51. The predicted molar refractivity (Wildman–Crippen MR) is 161 cm³/mol. The lowest BCUT2D eigenvalue weighted by Gasteiger charge is -2.36. The molecule has 258 valence electrons. The highest BCUT2D eigenvalue weighted by Gasteiger charge is 2.71. The summed E-state index contributed by atoms with van der Waals surface area (Å²) in [6.45, 7) is 2.50. The van der Waals surface area contributed by atoms with Crippen molar-refractivity contribution in [2.75, 3.05) is 32.8 Å². The Labute approximate surface area is 273 Å². The van der Waals surface area contributed by atoms with Crippen LogP contribution >= 0.6 is 0 Å². The quantitative estimate of drug-likeness (QED) is 0.277. The molecule has 0 aliphatic carbocycles. The molecule has 6 nitrogen and oxygen atoms in total. The zero-order valence-electron chi connectivity index (χ0n) is 26.0. The minimum atomic E-state index is -6.05. The highest BCUT2D eigenvalue weighted by atomic mass is 19.4. The first kappa shape index (κ1) is 35.3. The van der Waals surface area contributed by atoms with E-state index in [0.29, 0.717) is 49.2 Å². The summed E-state index contributed by atoms with van der Waals surface area (Å²) in [4.78, 5) is 29.1. The van der Waals surface area contributed by atoms with Crippen molar-refractivity contribution >= 4 is 11.8 Å². The lowest BCUT2D eigenvalue weighted by atomic mass is 9.70. The molecule has 0 radical (unpaired) electrons. The Hall–Kier alpha value is -3.97. The fraction of sp³-hybridized carbons (Fsp3) is 0.429. The molecule has 5 rings (SSSR count). The maximum Gasteiger partial charge on any atom is 0.430 e. The van der Waals surface area contributed by atoms with Crippen LogP contribution < -0.4 is 0 Å². The van der Waals surface area contributed by atoms with Crippen molar-refractivity contribution in [3.8, 4) is 0 Å². The van der Waals surface area contributed by atoms with Crippen LogP contribution in [0.2, 0.25) is 0 Å². The SMILES string of the molecule is CC(=O)N1CCC(C(=O)N2C[C@@H](c3ccc(C(O)(C(F)(F)F)C(F)(F)F)cc3)[C@@](COCc3ccccc3)(c3ccc(F)cc3)C2)CC1. The van der Waals surface area contributed by atoms with E-state index in [4.69, 9.17) is 4.74 Å². The third-order valence-corrected chi connectivity index (χ3v) is 9.59. The third kappa shape index (κ3) is 6.80. The number of likely N-dealkylation sites (tertiary alicyclic amines) is 2. The van der Waals surface area contributed by atoms with E-state index < -0.39 is 46.6 Å². The standard InChI is InChI=1S/C35H35F7N2O4/c1-23(45)43-17-15-26(16-18-43)31(46)44-19-30(25-7-9-28(10-8-25)33(47,34(37,38)39)35(40,41)42)32(21-44,27-11-13-29(36)14-12-27)22-48-20-24-5-3-2-4-6-24/h2-14,26,30,47H,15-22H2,1H3/t30-,32-/m0/s1. The summed E-state index contributed by atoms with van der Waals surface area (Å²) in [5.41, 5.74) is -5.88. The fourth-order valence-corrected chi connectivity index (χ4v) is 6.88. The van der Waals surface area contributed by atoms with Gasteiger partial charge in [-0.15, -0.1) is 0 Å². The van der Waals surface area contributed by atoms with Gasteiger partial charge in [0.15, 0.2) is 0 Å². The lowest BCUT2D eigenvalue weighted by molar-refractivity contribution is -0.376. The highest BCUT2D eigenvalue weighted by molar-refractivity contribution is 5.80. The van der Waals surface area contributed by atoms with E-state index in [1.807, 2.05) is 30.3 Å². The number of alkyl halides is 6. The van der Waals surface area contributed by atoms with Gasteiger partial charge in [0, 0.05) is 55.9 Å². The predicted octanol–water partition coefficient (Wildman–Crippen LogP) is 6.48. The molecule has 2 amide bonds. The molecule has 13 heteroatoms. The monoisotopic (exact) mass is 680 g/mol. The first-order valence-electron chi connectivity index (χ1n) is 15.4. The molecule has 0 aromatic heterocycles. The van der Waals surface area contributed by atoms with Crippen LogP contribution in [-0.2, 0) is 31.9 Å². The van der Waals surface area contributed by atoms with Crippen LogP contribution in [0.15, 0.2) is 78.9 Å². The van der Waals surface area contributed by atoms with Gasteiger partial charge < -0.3 is 19.6 Å². The summed E-state index contributed by atoms with van der Waals surface area (Å²) in [5, 5.41) is 9.97. The van der Waals surface area contributed by atoms with Crippen molar-refractivity contribution in [1.82, 2.24) is 9.80 Å². The zero-order valence-corrected chi connectivity index (χ0v) is 26.0. The minimum Gasteiger partial charge on any atom is -0.376 e. The van der Waals surface area contributed by atoms with E-state index >= 15 is 0 Å². The van der Waals surface area contributed by atoms with Gasteiger partial charge in [0.2, 0.25) is 11.8 Å². The number of aliphatic hydroxyl groups is 1. The molecular formula is C35H35F7N2O4. The van der Waals surface area contributed by atoms with Gasteiger partial charge in [-0.3, -0.25) is 9.59 Å². The zero-order chi connectivity index (χ0) is 34.9. The molecule has 3 aromatic carbocycles. The summed E-state index contributed by atoms with van der Waals surface area (Å²) in [5.74, 6) is -1.94. The number of nitrogens with zero attached hydrogens (tertiary/aromatic N) is 2. The van der Waals surface area contributed by atoms with Crippen molar-refractivity contribution in [3.05, 3.63) is 107 Å². The van der Waals surface area contributed by atoms with Crippen molar-refractivity contribution in [2.24, 2.45) is 5.92 Å². The number of ether oxygens (including phenoxy) is 1. The molecule has 2 heterocycles. The number of rotatable bonds is 8. The number of hydrogen-bond donors (Lipinski definition) is 1. The molecule has 2 aliphatic heterocycles. The number of piperidine rings is 1. The van der Waals surface area contributed by atoms with Gasteiger partial charge in [-0.1, -0.05) is 66.7 Å². The minimum absolute atomic E-state index is 0.0262. The Bertz CT molecular complexity index is 1560. The molecule has 0 saturated carbocycles. The van der Waals surface area contributed by atoms with Crippen molar-refractivity contribution < 1.29 is 50.2 Å². The molecule has 48 heavy (non-hydrogen) atoms. The Balaban J connectivity index is 1.54. The van der Waals surface area contributed by atoms with E-state index in [0.717, 1.165) is 17.7 Å². The van der Waals surface area contributed by atoms with Crippen LogP contribution in [0.25, 0.3) is 0 Å². The van der Waals surface area contributed by atoms with Crippen LogP contribution in [0.4, 0.5) is 30.7 Å². The number of benzene rings is 3. The van der Waals surface area contributed by atoms with Crippen LogP contribution in [0, 0.1) is 11.7 Å². The van der Waals surface area contributed by atoms with Gasteiger partial charge in [0.1, 0.15) is 5.82 Å². The average molecular weight is 681 g/mol. The molecule has 3 aromatic rings. The second kappa shape index (κ2) is 13.5. The van der Waals surface area contributed by atoms with Crippen LogP contribution in [0.3, 0.4) is 0 Å². The second-order valence-corrected chi connectivity index (χ2v) is 12.5. The Morgan fingerprint density at radius 2 is 1.44 bits per heavy atom. The average Bonchev–Trinajstić information content (AvgIpc) is 3.44. The lowest BCUT2D eigenvalue weighted by Crippen LogP contribution is -2.53. The molecule has 2 fully saturated rings. The number of hydrogen-bond acceptors (Lipinski definition) is 4. The molecule has 0 spiro atoms. The van der Waals surface area contributed by atoms with Crippen LogP contribution in [0.1, 0.15) is 47.9 Å². The molecule has 2 saturated heterocycles. The summed E-state index contributed by atoms with van der Waals surface area (Å²) < 4.78 is 102. The van der Waals surface area contributed by atoms with Gasteiger partial charge in [0.05, 0.1) is 13.2 Å². The van der Waals surface area contributed by atoms with E-state index in [1.165, 1.54) is 31.2 Å².